The Kier molecular flexibility index (Phi) is 5.22. The molecule has 0 bridgehead atoms. The molecule has 1 saturated heterocycles. The van der Waals surface area contributed by atoms with E-state index in [1.165, 1.54) is 12.1 Å². The summed E-state index contributed by atoms with van der Waals surface area (Å²) in [5.41, 5.74) is 0.272. The molecule has 7 nitrogen and oxygen atoms in total. The summed E-state index contributed by atoms with van der Waals surface area (Å²) >= 11 is 0. The Morgan fingerprint density at radius 1 is 1.28 bits per heavy atom. The molecule has 0 saturated carbocycles. The molecule has 1 atom stereocenters. The number of hydrogen-bond acceptors (Lipinski definition) is 5. The molecular formula is C17H20N2O5S. The quantitative estimate of drug-likeness (QED) is 0.811. The predicted molar refractivity (Wildman–Crippen MR) is 90.6 cm³/mol. The van der Waals surface area contributed by atoms with Crippen LogP contribution in [-0.4, -0.2) is 33.6 Å². The lowest BCUT2D eigenvalue weighted by Gasteiger charge is -2.12. The molecule has 0 aliphatic carbocycles. The van der Waals surface area contributed by atoms with E-state index in [0.29, 0.717) is 25.4 Å². The standard InChI is InChI=1S/C17H20N2O5S/c1-12-5-6-15(24-12)10-18-17(20)13-3-2-4-16(9-13)25(21,22)19-14-7-8-23-11-14/h2-6,9,14,19H,7-8,10-11H2,1H3,(H,18,20)/t14-/m0/s1. The minimum atomic E-state index is -3.69. The summed E-state index contributed by atoms with van der Waals surface area (Å²) in [5, 5.41) is 2.71. The smallest absolute Gasteiger partial charge is 0.251 e. The van der Waals surface area contributed by atoms with Crippen LogP contribution in [0.5, 0.6) is 0 Å². The van der Waals surface area contributed by atoms with Crippen molar-refractivity contribution in [3.8, 4) is 0 Å². The van der Waals surface area contributed by atoms with Crippen LogP contribution in [0.2, 0.25) is 0 Å². The van der Waals surface area contributed by atoms with Gasteiger partial charge in [-0.2, -0.15) is 0 Å². The van der Waals surface area contributed by atoms with Gasteiger partial charge in [-0.1, -0.05) is 6.07 Å². The van der Waals surface area contributed by atoms with Crippen LogP contribution >= 0.6 is 0 Å². The Balaban J connectivity index is 1.68. The number of rotatable bonds is 6. The summed E-state index contributed by atoms with van der Waals surface area (Å²) in [5.74, 6) is 1.03. The van der Waals surface area contributed by atoms with Crippen molar-refractivity contribution in [2.24, 2.45) is 0 Å². The number of nitrogens with one attached hydrogen (secondary N) is 2. The van der Waals surface area contributed by atoms with Crippen molar-refractivity contribution >= 4 is 15.9 Å². The number of carbonyl (C=O) groups is 1. The predicted octanol–water partition coefficient (Wildman–Crippen LogP) is 1.59. The second kappa shape index (κ2) is 7.38. The van der Waals surface area contributed by atoms with Gasteiger partial charge in [-0.05, 0) is 43.7 Å². The number of sulfonamides is 1. The van der Waals surface area contributed by atoms with E-state index in [-0.39, 0.29) is 29.0 Å². The first-order valence-electron chi connectivity index (χ1n) is 7.98. The lowest BCUT2D eigenvalue weighted by molar-refractivity contribution is 0.0947. The van der Waals surface area contributed by atoms with Crippen molar-refractivity contribution in [3.05, 3.63) is 53.5 Å². The van der Waals surface area contributed by atoms with Crippen molar-refractivity contribution < 1.29 is 22.4 Å². The Bertz CT molecular complexity index is 853. The molecule has 2 N–H and O–H groups in total. The number of benzene rings is 1. The monoisotopic (exact) mass is 364 g/mol. The lowest BCUT2D eigenvalue weighted by atomic mass is 10.2. The molecule has 25 heavy (non-hydrogen) atoms. The number of carbonyl (C=O) groups excluding carboxylic acids is 1. The maximum absolute atomic E-state index is 12.4. The van der Waals surface area contributed by atoms with E-state index in [0.717, 1.165) is 5.76 Å². The largest absolute Gasteiger partial charge is 0.465 e. The summed E-state index contributed by atoms with van der Waals surface area (Å²) in [6.07, 6.45) is 0.641. The van der Waals surface area contributed by atoms with E-state index in [1.807, 2.05) is 13.0 Å². The summed E-state index contributed by atoms with van der Waals surface area (Å²) in [7, 11) is -3.69. The highest BCUT2D eigenvalue weighted by Crippen LogP contribution is 2.15. The van der Waals surface area contributed by atoms with Crippen LogP contribution in [0, 0.1) is 6.92 Å². The molecule has 1 aliphatic rings. The number of furan rings is 1. The molecule has 0 radical (unpaired) electrons. The molecule has 0 spiro atoms. The second-order valence-corrected chi connectivity index (χ2v) is 7.62. The summed E-state index contributed by atoms with van der Waals surface area (Å²) in [4.78, 5) is 12.3. The second-order valence-electron chi connectivity index (χ2n) is 5.90. The highest BCUT2D eigenvalue weighted by atomic mass is 32.2. The number of ether oxygens (including phenoxy) is 1. The average molecular weight is 364 g/mol. The van der Waals surface area contributed by atoms with E-state index in [1.54, 1.807) is 18.2 Å². The zero-order valence-electron chi connectivity index (χ0n) is 13.8. The number of hydrogen-bond donors (Lipinski definition) is 2. The fourth-order valence-electron chi connectivity index (χ4n) is 2.57. The Morgan fingerprint density at radius 2 is 2.12 bits per heavy atom. The van der Waals surface area contributed by atoms with E-state index in [9.17, 15) is 13.2 Å². The van der Waals surface area contributed by atoms with Crippen LogP contribution in [0.15, 0.2) is 45.7 Å². The highest BCUT2D eigenvalue weighted by Gasteiger charge is 2.24. The van der Waals surface area contributed by atoms with Crippen LogP contribution in [0.4, 0.5) is 0 Å². The van der Waals surface area contributed by atoms with E-state index >= 15 is 0 Å². The molecule has 1 aromatic heterocycles. The van der Waals surface area contributed by atoms with Gasteiger partial charge in [0.1, 0.15) is 11.5 Å². The molecule has 1 aliphatic heterocycles. The summed E-state index contributed by atoms with van der Waals surface area (Å²) in [6, 6.07) is 9.30. The zero-order valence-corrected chi connectivity index (χ0v) is 14.6. The van der Waals surface area contributed by atoms with E-state index < -0.39 is 10.0 Å². The topological polar surface area (TPSA) is 97.6 Å². The van der Waals surface area contributed by atoms with E-state index in [4.69, 9.17) is 9.15 Å². The third-order valence-corrected chi connectivity index (χ3v) is 5.40. The SMILES string of the molecule is Cc1ccc(CNC(=O)c2cccc(S(=O)(=O)N[C@H]3CCOC3)c2)o1. The van der Waals surface area contributed by atoms with Gasteiger partial charge in [0.05, 0.1) is 18.0 Å². The first kappa shape index (κ1) is 17.7. The average Bonchev–Trinajstić information content (AvgIpc) is 3.24. The number of aryl methyl sites for hydroxylation is 1. The van der Waals surface area contributed by atoms with Crippen molar-refractivity contribution in [2.75, 3.05) is 13.2 Å². The number of amides is 1. The van der Waals surface area contributed by atoms with Gasteiger partial charge >= 0.3 is 0 Å². The first-order chi connectivity index (χ1) is 11.9. The van der Waals surface area contributed by atoms with Crippen molar-refractivity contribution in [1.82, 2.24) is 10.0 Å². The molecule has 0 unspecified atom stereocenters. The van der Waals surface area contributed by atoms with Gasteiger partial charge in [0.25, 0.3) is 5.91 Å². The molecule has 1 amide bonds. The zero-order chi connectivity index (χ0) is 17.9. The fraction of sp³-hybridized carbons (Fsp3) is 0.353. The molecule has 2 aromatic rings. The summed E-state index contributed by atoms with van der Waals surface area (Å²) < 4.78 is 38.0. The van der Waals surface area contributed by atoms with E-state index in [2.05, 4.69) is 10.0 Å². The maximum atomic E-state index is 12.4. The van der Waals surface area contributed by atoms with Crippen LogP contribution < -0.4 is 10.0 Å². The van der Waals surface area contributed by atoms with Gasteiger partial charge in [-0.3, -0.25) is 4.79 Å². The molecule has 1 fully saturated rings. The minimum Gasteiger partial charge on any atom is -0.465 e. The lowest BCUT2D eigenvalue weighted by Crippen LogP contribution is -2.35. The van der Waals surface area contributed by atoms with Crippen LogP contribution in [0.1, 0.15) is 28.3 Å². The van der Waals surface area contributed by atoms with Crippen LogP contribution in [0.3, 0.4) is 0 Å². The fourth-order valence-corrected chi connectivity index (χ4v) is 3.87. The van der Waals surface area contributed by atoms with Crippen LogP contribution in [0.25, 0.3) is 0 Å². The third kappa shape index (κ3) is 4.47. The van der Waals surface area contributed by atoms with Gasteiger partial charge in [0, 0.05) is 18.2 Å². The van der Waals surface area contributed by atoms with Gasteiger partial charge in [-0.25, -0.2) is 13.1 Å². The molecule has 1 aromatic carbocycles. The Labute approximate surface area is 146 Å². The van der Waals surface area contributed by atoms with Gasteiger partial charge < -0.3 is 14.5 Å². The maximum Gasteiger partial charge on any atom is 0.251 e. The molecule has 8 heteroatoms. The van der Waals surface area contributed by atoms with Gasteiger partial charge in [-0.15, -0.1) is 0 Å². The minimum absolute atomic E-state index is 0.0564. The Hall–Kier alpha value is -2.16. The van der Waals surface area contributed by atoms with Crippen molar-refractivity contribution in [1.29, 1.82) is 0 Å². The van der Waals surface area contributed by atoms with Crippen molar-refractivity contribution in [2.45, 2.75) is 30.8 Å². The molecule has 2 heterocycles. The summed E-state index contributed by atoms with van der Waals surface area (Å²) in [6.45, 7) is 2.97. The molecule has 134 valence electrons. The molecular weight excluding hydrogens is 344 g/mol. The normalized spacial score (nSPS) is 17.6. The first-order valence-corrected chi connectivity index (χ1v) is 9.46. The van der Waals surface area contributed by atoms with Gasteiger partial charge in [0.2, 0.25) is 10.0 Å². The van der Waals surface area contributed by atoms with Crippen LogP contribution in [-0.2, 0) is 21.3 Å². The third-order valence-electron chi connectivity index (χ3n) is 3.88. The molecule has 3 rings (SSSR count). The highest BCUT2D eigenvalue weighted by molar-refractivity contribution is 7.89. The Morgan fingerprint density at radius 3 is 2.80 bits per heavy atom. The van der Waals surface area contributed by atoms with Gasteiger partial charge in [0.15, 0.2) is 0 Å². The van der Waals surface area contributed by atoms with Crippen molar-refractivity contribution in [3.63, 3.8) is 0 Å².